The number of thiazole rings is 1. The van der Waals surface area contributed by atoms with Crippen LogP contribution >= 0.6 is 11.3 Å². The first-order valence-electron chi connectivity index (χ1n) is 9.40. The molecule has 0 aromatic carbocycles. The van der Waals surface area contributed by atoms with E-state index in [1.165, 1.54) is 11.3 Å². The van der Waals surface area contributed by atoms with E-state index in [0.717, 1.165) is 34.3 Å². The highest BCUT2D eigenvalue weighted by molar-refractivity contribution is 7.19. The molecule has 0 saturated heterocycles. The second-order valence-corrected chi connectivity index (χ2v) is 8.12. The zero-order valence-corrected chi connectivity index (χ0v) is 17.1. The molecule has 0 radical (unpaired) electrons. The number of nitrogens with two attached hydrogens (primary N) is 1. The number of nitrogen functional groups attached to an aromatic ring is 1. The van der Waals surface area contributed by atoms with E-state index < -0.39 is 0 Å². The van der Waals surface area contributed by atoms with Crippen molar-refractivity contribution in [2.45, 2.75) is 39.3 Å². The zero-order chi connectivity index (χ0) is 20.1. The Hall–Kier alpha value is -3.34. The van der Waals surface area contributed by atoms with Crippen molar-refractivity contribution < 1.29 is 0 Å². The predicted molar refractivity (Wildman–Crippen MR) is 111 cm³/mol. The van der Waals surface area contributed by atoms with Gasteiger partial charge < -0.3 is 10.6 Å². The molecular weight excluding hydrogens is 388 g/mol. The Kier molecular flexibility index (Phi) is 4.05. The van der Waals surface area contributed by atoms with E-state index in [1.54, 1.807) is 12.5 Å². The predicted octanol–water partition coefficient (Wildman–Crippen LogP) is 2.83. The number of nitrogens with one attached hydrogen (secondary N) is 1. The molecule has 29 heavy (non-hydrogen) atoms. The Bertz CT molecular complexity index is 1160. The minimum absolute atomic E-state index is 0.0892. The largest absolute Gasteiger partial charge is 0.375 e. The van der Waals surface area contributed by atoms with Gasteiger partial charge in [0.2, 0.25) is 0 Å². The van der Waals surface area contributed by atoms with Crippen molar-refractivity contribution in [2.24, 2.45) is 0 Å². The fourth-order valence-corrected chi connectivity index (χ4v) is 4.59. The van der Waals surface area contributed by atoms with Crippen LogP contribution < -0.4 is 10.6 Å². The number of aromatic nitrogens is 8. The normalized spacial score (nSPS) is 15.6. The van der Waals surface area contributed by atoms with Crippen LogP contribution in [0.25, 0.3) is 27.8 Å². The third-order valence-electron chi connectivity index (χ3n) is 5.01. The van der Waals surface area contributed by atoms with Crippen molar-refractivity contribution in [3.05, 3.63) is 30.6 Å². The van der Waals surface area contributed by atoms with Gasteiger partial charge in [0, 0.05) is 12.2 Å². The quantitative estimate of drug-likeness (QED) is 0.528. The fraction of sp³-hybridized carbons (Fsp3) is 0.333. The summed E-state index contributed by atoms with van der Waals surface area (Å²) >= 11 is 1.36. The summed E-state index contributed by atoms with van der Waals surface area (Å²) in [7, 11) is 0. The van der Waals surface area contributed by atoms with Crippen LogP contribution in [0.1, 0.15) is 39.1 Å². The van der Waals surface area contributed by atoms with Gasteiger partial charge in [0.05, 0.1) is 17.9 Å². The minimum atomic E-state index is 0.0892. The van der Waals surface area contributed by atoms with E-state index in [4.69, 9.17) is 10.7 Å². The topological polar surface area (TPSA) is 127 Å². The summed E-state index contributed by atoms with van der Waals surface area (Å²) in [6, 6.07) is 2.17. The molecule has 1 unspecified atom stereocenters. The average Bonchev–Trinajstić information content (AvgIpc) is 3.46. The summed E-state index contributed by atoms with van der Waals surface area (Å²) in [6.07, 6.45) is 6.11. The minimum Gasteiger partial charge on any atom is -0.375 e. The van der Waals surface area contributed by atoms with Gasteiger partial charge in [-0.25, -0.2) is 15.0 Å². The van der Waals surface area contributed by atoms with E-state index in [1.807, 2.05) is 16.8 Å². The summed E-state index contributed by atoms with van der Waals surface area (Å²) in [5.41, 5.74) is 8.37. The first kappa shape index (κ1) is 17.7. The SMILES string of the molecule is CCC1c2nncn2-c2cnc(-c3sc(N)nc3-c3ccn[nH]3)nc2N1C(C)C. The van der Waals surface area contributed by atoms with E-state index in [-0.39, 0.29) is 12.1 Å². The van der Waals surface area contributed by atoms with Crippen molar-refractivity contribution in [1.82, 2.24) is 39.9 Å². The number of aromatic amines is 1. The molecule has 0 amide bonds. The van der Waals surface area contributed by atoms with Gasteiger partial charge in [0.15, 0.2) is 22.6 Å². The van der Waals surface area contributed by atoms with E-state index in [2.05, 4.69) is 56.0 Å². The molecule has 0 spiro atoms. The number of hydrogen-bond donors (Lipinski definition) is 2. The highest BCUT2D eigenvalue weighted by Crippen LogP contribution is 2.41. The third kappa shape index (κ3) is 2.69. The molecule has 0 fully saturated rings. The number of anilines is 2. The van der Waals surface area contributed by atoms with Crippen LogP contribution in [0.5, 0.6) is 0 Å². The Labute approximate surface area is 170 Å². The number of fused-ring (bicyclic) bond motifs is 3. The van der Waals surface area contributed by atoms with Crippen LogP contribution in [0.2, 0.25) is 0 Å². The van der Waals surface area contributed by atoms with Crippen molar-refractivity contribution in [2.75, 3.05) is 10.6 Å². The van der Waals surface area contributed by atoms with Crippen molar-refractivity contribution in [3.63, 3.8) is 0 Å². The molecule has 3 N–H and O–H groups in total. The zero-order valence-electron chi connectivity index (χ0n) is 16.2. The van der Waals surface area contributed by atoms with Crippen LogP contribution in [0.15, 0.2) is 24.8 Å². The van der Waals surface area contributed by atoms with Crippen molar-refractivity contribution >= 4 is 22.3 Å². The highest BCUT2D eigenvalue weighted by Gasteiger charge is 2.35. The summed E-state index contributed by atoms with van der Waals surface area (Å²) < 4.78 is 1.98. The molecular formula is C18H20N10S. The van der Waals surface area contributed by atoms with Gasteiger partial charge in [0.1, 0.15) is 22.6 Å². The second kappa shape index (κ2) is 6.62. The third-order valence-corrected chi connectivity index (χ3v) is 5.89. The first-order chi connectivity index (χ1) is 14.1. The molecule has 1 aliphatic heterocycles. The average molecular weight is 408 g/mol. The van der Waals surface area contributed by atoms with Crippen LogP contribution in [-0.4, -0.2) is 46.0 Å². The van der Waals surface area contributed by atoms with Crippen molar-refractivity contribution in [3.8, 4) is 27.8 Å². The lowest BCUT2D eigenvalue weighted by atomic mass is 10.1. The molecule has 1 atom stereocenters. The fourth-order valence-electron chi connectivity index (χ4n) is 3.81. The van der Waals surface area contributed by atoms with Crippen LogP contribution in [0.3, 0.4) is 0 Å². The van der Waals surface area contributed by atoms with E-state index in [0.29, 0.717) is 16.6 Å². The maximum absolute atomic E-state index is 6.02. The van der Waals surface area contributed by atoms with Crippen molar-refractivity contribution in [1.29, 1.82) is 0 Å². The first-order valence-corrected chi connectivity index (χ1v) is 10.2. The molecule has 148 valence electrons. The molecule has 0 aliphatic carbocycles. The number of hydrogen-bond acceptors (Lipinski definition) is 9. The van der Waals surface area contributed by atoms with Gasteiger partial charge in [-0.2, -0.15) is 5.10 Å². The van der Waals surface area contributed by atoms with Gasteiger partial charge in [-0.1, -0.05) is 18.3 Å². The number of nitrogens with zero attached hydrogens (tertiary/aromatic N) is 8. The second-order valence-electron chi connectivity index (χ2n) is 7.09. The highest BCUT2D eigenvalue weighted by atomic mass is 32.1. The van der Waals surface area contributed by atoms with Gasteiger partial charge in [0.25, 0.3) is 0 Å². The van der Waals surface area contributed by atoms with E-state index >= 15 is 0 Å². The monoisotopic (exact) mass is 408 g/mol. The van der Waals surface area contributed by atoms with Crippen LogP contribution in [0.4, 0.5) is 10.9 Å². The summed E-state index contributed by atoms with van der Waals surface area (Å²) in [6.45, 7) is 6.45. The Morgan fingerprint density at radius 2 is 2.17 bits per heavy atom. The standard InChI is InChI=1S/C18H20N10S/c1-4-11-17-26-22-8-27(17)12-7-20-15(24-16(12)28(11)9(2)3)14-13(23-18(19)29-14)10-5-6-21-25-10/h5-9,11H,4H2,1-3H3,(H2,19,23)(H,21,25). The Morgan fingerprint density at radius 1 is 1.31 bits per heavy atom. The van der Waals surface area contributed by atoms with Crippen LogP contribution in [0, 0.1) is 0 Å². The molecule has 4 aromatic heterocycles. The summed E-state index contributed by atoms with van der Waals surface area (Å²) in [4.78, 5) is 17.2. The molecule has 1 aliphatic rings. The van der Waals surface area contributed by atoms with Gasteiger partial charge >= 0.3 is 0 Å². The molecule has 11 heteroatoms. The Morgan fingerprint density at radius 3 is 2.90 bits per heavy atom. The summed E-state index contributed by atoms with van der Waals surface area (Å²) in [5.74, 6) is 2.34. The van der Waals surface area contributed by atoms with E-state index in [9.17, 15) is 0 Å². The van der Waals surface area contributed by atoms with Gasteiger partial charge in [-0.3, -0.25) is 9.67 Å². The van der Waals surface area contributed by atoms with Crippen LogP contribution in [-0.2, 0) is 0 Å². The molecule has 5 rings (SSSR count). The molecule has 0 bridgehead atoms. The maximum atomic E-state index is 6.02. The summed E-state index contributed by atoms with van der Waals surface area (Å²) in [5, 5.41) is 15.9. The maximum Gasteiger partial charge on any atom is 0.181 e. The van der Waals surface area contributed by atoms with Gasteiger partial charge in [-0.05, 0) is 26.3 Å². The molecule has 4 aromatic rings. The lowest BCUT2D eigenvalue weighted by Crippen LogP contribution is -2.40. The molecule has 10 nitrogen and oxygen atoms in total. The van der Waals surface area contributed by atoms with Gasteiger partial charge in [-0.15, -0.1) is 10.2 Å². The molecule has 5 heterocycles. The number of H-pyrrole nitrogens is 1. The number of rotatable bonds is 4. The lowest BCUT2D eigenvalue weighted by Gasteiger charge is -2.39. The lowest BCUT2D eigenvalue weighted by molar-refractivity contribution is 0.497. The Balaban J connectivity index is 1.71. The smallest absolute Gasteiger partial charge is 0.181 e. The molecule has 0 saturated carbocycles.